The number of benzene rings is 2. The van der Waals surface area contributed by atoms with Gasteiger partial charge in [-0.15, -0.1) is 11.3 Å². The van der Waals surface area contributed by atoms with Crippen molar-refractivity contribution in [1.29, 1.82) is 0 Å². The number of amides is 1. The van der Waals surface area contributed by atoms with Crippen LogP contribution < -0.4 is 14.8 Å². The molecule has 0 radical (unpaired) electrons. The SMILES string of the molecule is COc1ccc(OC)c(-c2csc(NC(=O)COC(=O)c3ccc(C)c([N+](=O)[O-])c3)n2)c1. The predicted molar refractivity (Wildman–Crippen MR) is 117 cm³/mol. The molecule has 3 aromatic rings. The van der Waals surface area contributed by atoms with Crippen molar-refractivity contribution < 1.29 is 28.7 Å². The molecule has 1 amide bonds. The van der Waals surface area contributed by atoms with Crippen molar-refractivity contribution in [3.05, 3.63) is 63.0 Å². The van der Waals surface area contributed by atoms with Gasteiger partial charge >= 0.3 is 5.97 Å². The van der Waals surface area contributed by atoms with Crippen molar-refractivity contribution >= 4 is 34.0 Å². The molecule has 0 bridgehead atoms. The van der Waals surface area contributed by atoms with Crippen LogP contribution in [0.1, 0.15) is 15.9 Å². The second-order valence-corrected chi connectivity index (χ2v) is 7.34. The van der Waals surface area contributed by atoms with Crippen molar-refractivity contribution in [2.45, 2.75) is 6.92 Å². The number of carbonyl (C=O) groups is 2. The Labute approximate surface area is 186 Å². The van der Waals surface area contributed by atoms with Crippen molar-refractivity contribution in [2.75, 3.05) is 26.1 Å². The van der Waals surface area contributed by atoms with E-state index in [2.05, 4.69) is 10.3 Å². The number of anilines is 1. The average molecular weight is 457 g/mol. The molecule has 0 aliphatic heterocycles. The molecule has 0 aliphatic rings. The van der Waals surface area contributed by atoms with E-state index in [1.165, 1.54) is 30.6 Å². The van der Waals surface area contributed by atoms with E-state index in [-0.39, 0.29) is 11.3 Å². The Balaban J connectivity index is 1.63. The van der Waals surface area contributed by atoms with Gasteiger partial charge in [-0.1, -0.05) is 6.07 Å². The number of rotatable bonds is 8. The second kappa shape index (κ2) is 9.88. The molecule has 1 N–H and O–H groups in total. The lowest BCUT2D eigenvalue weighted by atomic mass is 10.1. The smallest absolute Gasteiger partial charge is 0.338 e. The minimum absolute atomic E-state index is 0.0169. The highest BCUT2D eigenvalue weighted by Gasteiger charge is 2.18. The first-order chi connectivity index (χ1) is 15.3. The minimum atomic E-state index is -0.843. The van der Waals surface area contributed by atoms with E-state index < -0.39 is 23.4 Å². The number of aryl methyl sites for hydroxylation is 1. The highest BCUT2D eigenvalue weighted by Crippen LogP contribution is 2.35. The van der Waals surface area contributed by atoms with Crippen LogP contribution in [0.25, 0.3) is 11.3 Å². The maximum Gasteiger partial charge on any atom is 0.338 e. The van der Waals surface area contributed by atoms with Crippen LogP contribution >= 0.6 is 11.3 Å². The number of nitrogens with one attached hydrogen (secondary N) is 1. The molecule has 0 aliphatic carbocycles. The molecule has 0 saturated carbocycles. The number of nitro benzene ring substituents is 1. The molecule has 3 rings (SSSR count). The molecular formula is C21H19N3O7S. The van der Waals surface area contributed by atoms with Crippen molar-refractivity contribution in [2.24, 2.45) is 0 Å². The van der Waals surface area contributed by atoms with Crippen LogP contribution in [0.4, 0.5) is 10.8 Å². The van der Waals surface area contributed by atoms with E-state index in [1.54, 1.807) is 37.6 Å². The first-order valence-electron chi connectivity index (χ1n) is 9.22. The lowest BCUT2D eigenvalue weighted by molar-refractivity contribution is -0.385. The Morgan fingerprint density at radius 2 is 1.94 bits per heavy atom. The lowest BCUT2D eigenvalue weighted by Gasteiger charge is -2.08. The molecule has 0 atom stereocenters. The molecule has 166 valence electrons. The van der Waals surface area contributed by atoms with Crippen LogP contribution in [-0.4, -0.2) is 42.6 Å². The number of nitrogens with zero attached hydrogens (tertiary/aromatic N) is 2. The van der Waals surface area contributed by atoms with Gasteiger partial charge in [-0.05, 0) is 31.2 Å². The maximum absolute atomic E-state index is 12.2. The Bertz CT molecular complexity index is 1180. The van der Waals surface area contributed by atoms with Crippen molar-refractivity contribution in [1.82, 2.24) is 4.98 Å². The fourth-order valence-corrected chi connectivity index (χ4v) is 3.50. The summed E-state index contributed by atoms with van der Waals surface area (Å²) in [6, 6.07) is 9.23. The van der Waals surface area contributed by atoms with E-state index in [4.69, 9.17) is 14.2 Å². The van der Waals surface area contributed by atoms with Gasteiger partial charge in [-0.3, -0.25) is 20.2 Å². The molecule has 1 heterocycles. The molecule has 0 spiro atoms. The summed E-state index contributed by atoms with van der Waals surface area (Å²) in [5.41, 5.74) is 1.46. The second-order valence-electron chi connectivity index (χ2n) is 6.49. The first-order valence-corrected chi connectivity index (χ1v) is 10.1. The first kappa shape index (κ1) is 22.7. The monoisotopic (exact) mass is 457 g/mol. The number of aromatic nitrogens is 1. The van der Waals surface area contributed by atoms with Crippen LogP contribution in [0, 0.1) is 17.0 Å². The normalized spacial score (nSPS) is 10.3. The van der Waals surface area contributed by atoms with Crippen LogP contribution in [-0.2, 0) is 9.53 Å². The molecule has 2 aromatic carbocycles. The van der Waals surface area contributed by atoms with Gasteiger partial charge in [0.15, 0.2) is 11.7 Å². The number of nitro groups is 1. The number of hydrogen-bond donors (Lipinski definition) is 1. The lowest BCUT2D eigenvalue weighted by Crippen LogP contribution is -2.21. The van der Waals surface area contributed by atoms with E-state index in [0.29, 0.717) is 33.5 Å². The fourth-order valence-electron chi connectivity index (χ4n) is 2.77. The number of hydrogen-bond acceptors (Lipinski definition) is 9. The molecule has 0 saturated heterocycles. The zero-order chi connectivity index (χ0) is 23.3. The molecule has 1 aromatic heterocycles. The summed E-state index contributed by atoms with van der Waals surface area (Å²) in [5.74, 6) is -0.222. The van der Waals surface area contributed by atoms with Gasteiger partial charge in [-0.2, -0.15) is 0 Å². The summed E-state index contributed by atoms with van der Waals surface area (Å²) in [4.78, 5) is 39.1. The summed E-state index contributed by atoms with van der Waals surface area (Å²) in [5, 5.41) is 15.6. The number of methoxy groups -OCH3 is 2. The third-order valence-corrected chi connectivity index (χ3v) is 5.17. The predicted octanol–water partition coefficient (Wildman–Crippen LogP) is 3.84. The number of esters is 1. The van der Waals surface area contributed by atoms with E-state index in [9.17, 15) is 19.7 Å². The van der Waals surface area contributed by atoms with Gasteiger partial charge in [0, 0.05) is 22.6 Å². The van der Waals surface area contributed by atoms with Crippen LogP contribution in [0.5, 0.6) is 11.5 Å². The molecule has 0 unspecified atom stereocenters. The number of carbonyl (C=O) groups excluding carboxylic acids is 2. The summed E-state index contributed by atoms with van der Waals surface area (Å²) < 4.78 is 15.5. The third-order valence-electron chi connectivity index (χ3n) is 4.41. The Morgan fingerprint density at radius 3 is 2.62 bits per heavy atom. The summed E-state index contributed by atoms with van der Waals surface area (Å²) in [6.07, 6.45) is 0. The van der Waals surface area contributed by atoms with Gasteiger partial charge < -0.3 is 14.2 Å². The quantitative estimate of drug-likeness (QED) is 0.307. The van der Waals surface area contributed by atoms with Crippen LogP contribution in [0.2, 0.25) is 0 Å². The molecule has 32 heavy (non-hydrogen) atoms. The Hall–Kier alpha value is -3.99. The topological polar surface area (TPSA) is 130 Å². The Morgan fingerprint density at radius 1 is 1.16 bits per heavy atom. The third kappa shape index (κ3) is 5.19. The van der Waals surface area contributed by atoms with Gasteiger partial charge in [-0.25, -0.2) is 9.78 Å². The average Bonchev–Trinajstić information content (AvgIpc) is 3.25. The summed E-state index contributed by atoms with van der Waals surface area (Å²) in [6.45, 7) is 0.988. The van der Waals surface area contributed by atoms with E-state index >= 15 is 0 Å². The number of thiazole rings is 1. The van der Waals surface area contributed by atoms with Gasteiger partial charge in [0.2, 0.25) is 0 Å². The summed E-state index contributed by atoms with van der Waals surface area (Å²) >= 11 is 1.19. The van der Waals surface area contributed by atoms with Gasteiger partial charge in [0.25, 0.3) is 11.6 Å². The fraction of sp³-hybridized carbons (Fsp3) is 0.190. The Kier molecular flexibility index (Phi) is 7.00. The molecule has 0 fully saturated rings. The standard InChI is InChI=1S/C21H19N3O7S/c1-12-4-5-13(8-17(12)24(27)28)20(26)31-10-19(25)23-21-22-16(11-32-21)15-9-14(29-2)6-7-18(15)30-3/h4-9,11H,10H2,1-3H3,(H,22,23,25). The molecule has 10 nitrogen and oxygen atoms in total. The largest absolute Gasteiger partial charge is 0.497 e. The van der Waals surface area contributed by atoms with E-state index in [0.717, 1.165) is 6.07 Å². The van der Waals surface area contributed by atoms with Gasteiger partial charge in [0.1, 0.15) is 11.5 Å². The molecular weight excluding hydrogens is 438 g/mol. The van der Waals surface area contributed by atoms with Crippen LogP contribution in [0.3, 0.4) is 0 Å². The maximum atomic E-state index is 12.2. The number of ether oxygens (including phenoxy) is 3. The zero-order valence-corrected chi connectivity index (χ0v) is 18.2. The minimum Gasteiger partial charge on any atom is -0.497 e. The van der Waals surface area contributed by atoms with Crippen molar-refractivity contribution in [3.8, 4) is 22.8 Å². The molecule has 11 heteroatoms. The highest BCUT2D eigenvalue weighted by molar-refractivity contribution is 7.14. The zero-order valence-electron chi connectivity index (χ0n) is 17.4. The van der Waals surface area contributed by atoms with Crippen molar-refractivity contribution in [3.63, 3.8) is 0 Å². The van der Waals surface area contributed by atoms with Crippen LogP contribution in [0.15, 0.2) is 41.8 Å². The van der Waals surface area contributed by atoms with E-state index in [1.807, 2.05) is 0 Å². The summed E-state index contributed by atoms with van der Waals surface area (Å²) in [7, 11) is 3.09. The van der Waals surface area contributed by atoms with Gasteiger partial charge in [0.05, 0.1) is 30.4 Å². The highest BCUT2D eigenvalue weighted by atomic mass is 32.1.